The van der Waals surface area contributed by atoms with Crippen molar-refractivity contribution in [1.82, 2.24) is 9.97 Å². The van der Waals surface area contributed by atoms with Crippen LogP contribution in [0.4, 0.5) is 0 Å². The number of ketones is 1. The summed E-state index contributed by atoms with van der Waals surface area (Å²) in [6, 6.07) is 7.37. The Morgan fingerprint density at radius 2 is 2.05 bits per heavy atom. The van der Waals surface area contributed by atoms with Crippen LogP contribution >= 0.6 is 15.9 Å². The van der Waals surface area contributed by atoms with E-state index in [-0.39, 0.29) is 5.78 Å². The summed E-state index contributed by atoms with van der Waals surface area (Å²) in [4.78, 5) is 20.1. The van der Waals surface area contributed by atoms with Gasteiger partial charge in [-0.1, -0.05) is 22.9 Å². The van der Waals surface area contributed by atoms with Gasteiger partial charge in [-0.25, -0.2) is 4.98 Å². The predicted octanol–water partition coefficient (Wildman–Crippen LogP) is 3.28. The number of carbonyl (C=O) groups excluding carboxylic acids is 1. The van der Waals surface area contributed by atoms with Gasteiger partial charge < -0.3 is 4.74 Å². The van der Waals surface area contributed by atoms with Crippen LogP contribution in [0.3, 0.4) is 0 Å². The summed E-state index contributed by atoms with van der Waals surface area (Å²) in [6.07, 6.45) is 4.52. The first kappa shape index (κ1) is 13.7. The second-order valence-corrected chi connectivity index (χ2v) is 4.84. The number of rotatable bonds is 5. The van der Waals surface area contributed by atoms with Crippen molar-refractivity contribution in [2.24, 2.45) is 0 Å². The van der Waals surface area contributed by atoms with Crippen LogP contribution in [0.1, 0.15) is 23.8 Å². The van der Waals surface area contributed by atoms with Crippen molar-refractivity contribution in [3.8, 4) is 5.75 Å². The van der Waals surface area contributed by atoms with E-state index in [4.69, 9.17) is 4.74 Å². The topological polar surface area (TPSA) is 52.1 Å². The van der Waals surface area contributed by atoms with Gasteiger partial charge in [0.15, 0.2) is 6.10 Å². The van der Waals surface area contributed by atoms with Crippen molar-refractivity contribution in [3.63, 3.8) is 0 Å². The monoisotopic (exact) mass is 320 g/mol. The highest BCUT2D eigenvalue weighted by Gasteiger charge is 2.21. The lowest BCUT2D eigenvalue weighted by atomic mass is 10.1. The van der Waals surface area contributed by atoms with E-state index in [2.05, 4.69) is 25.9 Å². The highest BCUT2D eigenvalue weighted by atomic mass is 79.9. The first-order chi connectivity index (χ1) is 9.20. The Hall–Kier alpha value is -1.75. The van der Waals surface area contributed by atoms with Gasteiger partial charge in [0.2, 0.25) is 5.78 Å². The number of ether oxygens (including phenoxy) is 1. The molecule has 0 aliphatic heterocycles. The highest BCUT2D eigenvalue weighted by Crippen LogP contribution is 2.19. The number of nitrogens with zero attached hydrogens (tertiary/aromatic N) is 2. The molecule has 0 N–H and O–H groups in total. The van der Waals surface area contributed by atoms with Gasteiger partial charge in [-0.3, -0.25) is 9.78 Å². The first-order valence-electron chi connectivity index (χ1n) is 5.93. The van der Waals surface area contributed by atoms with E-state index in [1.54, 1.807) is 0 Å². The molecule has 0 amide bonds. The lowest BCUT2D eigenvalue weighted by molar-refractivity contribution is 0.0780. The Kier molecular flexibility index (Phi) is 4.63. The molecular formula is C14H13BrN2O2. The largest absolute Gasteiger partial charge is 0.482 e. The van der Waals surface area contributed by atoms with Crippen LogP contribution < -0.4 is 4.74 Å². The molecule has 1 aromatic heterocycles. The minimum Gasteiger partial charge on any atom is -0.482 e. The standard InChI is InChI=1S/C14H13BrN2O2/c1-2-13(14(18)12-9-16-7-8-17-12)19-11-5-3-10(15)4-6-11/h3-9,13H,2H2,1H3. The van der Waals surface area contributed by atoms with Crippen LogP contribution in [0.5, 0.6) is 5.75 Å². The maximum atomic E-state index is 12.2. The van der Waals surface area contributed by atoms with Gasteiger partial charge in [0.25, 0.3) is 0 Å². The Morgan fingerprint density at radius 1 is 1.32 bits per heavy atom. The number of hydrogen-bond acceptors (Lipinski definition) is 4. The van der Waals surface area contributed by atoms with Crippen molar-refractivity contribution in [2.75, 3.05) is 0 Å². The Morgan fingerprint density at radius 3 is 2.63 bits per heavy atom. The fourth-order valence-electron chi connectivity index (χ4n) is 1.59. The molecule has 1 unspecified atom stereocenters. The van der Waals surface area contributed by atoms with Gasteiger partial charge in [0, 0.05) is 16.9 Å². The van der Waals surface area contributed by atoms with E-state index in [1.807, 2.05) is 31.2 Å². The molecule has 0 bridgehead atoms. The number of Topliss-reactive ketones (excluding diaryl/α,β-unsaturated/α-hetero) is 1. The lowest BCUT2D eigenvalue weighted by Crippen LogP contribution is -2.27. The number of aromatic nitrogens is 2. The molecule has 0 aliphatic carbocycles. The summed E-state index contributed by atoms with van der Waals surface area (Å²) < 4.78 is 6.66. The zero-order valence-corrected chi connectivity index (χ0v) is 12.0. The molecule has 0 saturated carbocycles. The van der Waals surface area contributed by atoms with Crippen molar-refractivity contribution in [3.05, 3.63) is 53.0 Å². The average Bonchev–Trinajstić information content (AvgIpc) is 2.47. The number of hydrogen-bond donors (Lipinski definition) is 0. The van der Waals surface area contributed by atoms with Crippen molar-refractivity contribution >= 4 is 21.7 Å². The van der Waals surface area contributed by atoms with Crippen LogP contribution in [-0.2, 0) is 0 Å². The molecule has 1 atom stereocenters. The summed E-state index contributed by atoms with van der Waals surface area (Å²) in [5.74, 6) is 0.505. The molecule has 1 heterocycles. The molecule has 1 aromatic carbocycles. The molecule has 2 rings (SSSR count). The molecule has 5 heteroatoms. The third kappa shape index (κ3) is 3.61. The van der Waals surface area contributed by atoms with Gasteiger partial charge in [-0.2, -0.15) is 0 Å². The number of carbonyl (C=O) groups is 1. The van der Waals surface area contributed by atoms with E-state index in [0.717, 1.165) is 4.47 Å². The molecule has 0 saturated heterocycles. The summed E-state index contributed by atoms with van der Waals surface area (Å²) in [5.41, 5.74) is 0.325. The van der Waals surface area contributed by atoms with E-state index in [9.17, 15) is 4.79 Å². The zero-order valence-electron chi connectivity index (χ0n) is 10.4. The van der Waals surface area contributed by atoms with Crippen LogP contribution in [0, 0.1) is 0 Å². The second kappa shape index (κ2) is 6.43. The van der Waals surface area contributed by atoms with E-state index >= 15 is 0 Å². The van der Waals surface area contributed by atoms with Gasteiger partial charge in [0.1, 0.15) is 11.4 Å². The summed E-state index contributed by atoms with van der Waals surface area (Å²) >= 11 is 3.35. The summed E-state index contributed by atoms with van der Waals surface area (Å²) in [7, 11) is 0. The molecule has 19 heavy (non-hydrogen) atoms. The molecule has 4 nitrogen and oxygen atoms in total. The molecule has 2 aromatic rings. The van der Waals surface area contributed by atoms with E-state index in [0.29, 0.717) is 17.9 Å². The minimum absolute atomic E-state index is 0.154. The molecular weight excluding hydrogens is 308 g/mol. The fourth-order valence-corrected chi connectivity index (χ4v) is 1.86. The third-order valence-electron chi connectivity index (χ3n) is 2.57. The maximum Gasteiger partial charge on any atom is 0.223 e. The smallest absolute Gasteiger partial charge is 0.223 e. The first-order valence-corrected chi connectivity index (χ1v) is 6.72. The van der Waals surface area contributed by atoms with E-state index in [1.165, 1.54) is 18.6 Å². The SMILES string of the molecule is CCC(Oc1ccc(Br)cc1)C(=O)c1cnccn1. The Bertz CT molecular complexity index is 543. The molecule has 0 spiro atoms. The fraction of sp³-hybridized carbons (Fsp3) is 0.214. The van der Waals surface area contributed by atoms with Crippen LogP contribution in [0.2, 0.25) is 0 Å². The highest BCUT2D eigenvalue weighted by molar-refractivity contribution is 9.10. The van der Waals surface area contributed by atoms with Crippen LogP contribution in [0.25, 0.3) is 0 Å². The number of halogens is 1. The summed E-state index contributed by atoms with van der Waals surface area (Å²) in [5, 5.41) is 0. The minimum atomic E-state index is -0.544. The maximum absolute atomic E-state index is 12.2. The second-order valence-electron chi connectivity index (χ2n) is 3.92. The molecule has 0 radical (unpaired) electrons. The third-order valence-corrected chi connectivity index (χ3v) is 3.10. The van der Waals surface area contributed by atoms with Gasteiger partial charge in [-0.15, -0.1) is 0 Å². The Labute approximate surface area is 120 Å². The Balaban J connectivity index is 2.12. The lowest BCUT2D eigenvalue weighted by Gasteiger charge is -2.15. The van der Waals surface area contributed by atoms with Gasteiger partial charge in [-0.05, 0) is 30.7 Å². The van der Waals surface area contributed by atoms with Crippen LogP contribution in [0.15, 0.2) is 47.3 Å². The van der Waals surface area contributed by atoms with Crippen molar-refractivity contribution in [1.29, 1.82) is 0 Å². The van der Waals surface area contributed by atoms with Crippen molar-refractivity contribution < 1.29 is 9.53 Å². The zero-order chi connectivity index (χ0) is 13.7. The molecule has 0 aliphatic rings. The predicted molar refractivity (Wildman–Crippen MR) is 75.2 cm³/mol. The quantitative estimate of drug-likeness (QED) is 0.793. The molecule has 98 valence electrons. The van der Waals surface area contributed by atoms with Gasteiger partial charge >= 0.3 is 0 Å². The van der Waals surface area contributed by atoms with E-state index < -0.39 is 6.10 Å². The normalized spacial score (nSPS) is 11.9. The average molecular weight is 321 g/mol. The number of benzene rings is 1. The van der Waals surface area contributed by atoms with Crippen LogP contribution in [-0.4, -0.2) is 21.9 Å². The van der Waals surface area contributed by atoms with Crippen molar-refractivity contribution in [2.45, 2.75) is 19.4 Å². The molecule has 0 fully saturated rings. The summed E-state index contributed by atoms with van der Waals surface area (Å²) in [6.45, 7) is 1.90. The van der Waals surface area contributed by atoms with Gasteiger partial charge in [0.05, 0.1) is 6.20 Å².